The Balaban J connectivity index is 1.85. The zero-order valence-corrected chi connectivity index (χ0v) is 15.1. The summed E-state index contributed by atoms with van der Waals surface area (Å²) in [5, 5.41) is 0. The van der Waals surface area contributed by atoms with Crippen LogP contribution in [0.3, 0.4) is 0 Å². The van der Waals surface area contributed by atoms with E-state index < -0.39 is 0 Å². The van der Waals surface area contributed by atoms with Gasteiger partial charge in [0, 0.05) is 22.9 Å². The molecule has 1 heterocycles. The first-order valence-corrected chi connectivity index (χ1v) is 9.21. The Morgan fingerprint density at radius 1 is 1.04 bits per heavy atom. The van der Waals surface area contributed by atoms with E-state index in [0.717, 1.165) is 18.7 Å². The topological polar surface area (TPSA) is 29.5 Å². The molecule has 1 aliphatic heterocycles. The Kier molecular flexibility index (Phi) is 5.46. The first-order chi connectivity index (χ1) is 11.7. The lowest BCUT2D eigenvalue weighted by Gasteiger charge is -2.30. The third kappa shape index (κ3) is 3.75. The van der Waals surface area contributed by atoms with Crippen LogP contribution in [0.15, 0.2) is 52.3 Å². The van der Waals surface area contributed by atoms with Crippen LogP contribution in [0.25, 0.3) is 0 Å². The van der Waals surface area contributed by atoms with Crippen molar-refractivity contribution in [1.29, 1.82) is 0 Å². The lowest BCUT2D eigenvalue weighted by molar-refractivity contribution is 0.0600. The van der Waals surface area contributed by atoms with E-state index in [9.17, 15) is 4.79 Å². The Bertz CT molecular complexity index is 723. The Labute approximate surface area is 148 Å². The summed E-state index contributed by atoms with van der Waals surface area (Å²) in [7, 11) is 1.41. The Hall–Kier alpha value is -1.94. The number of methoxy groups -OCH3 is 1. The smallest absolute Gasteiger partial charge is 0.337 e. The van der Waals surface area contributed by atoms with Gasteiger partial charge in [0.2, 0.25) is 0 Å². The highest BCUT2D eigenvalue weighted by Gasteiger charge is 2.16. The summed E-state index contributed by atoms with van der Waals surface area (Å²) < 4.78 is 4.80. The molecule has 0 aromatic heterocycles. The molecule has 3 rings (SSSR count). The van der Waals surface area contributed by atoms with Crippen molar-refractivity contribution < 1.29 is 9.53 Å². The fourth-order valence-corrected chi connectivity index (χ4v) is 4.11. The van der Waals surface area contributed by atoms with Gasteiger partial charge in [-0.2, -0.15) is 0 Å². The highest BCUT2D eigenvalue weighted by atomic mass is 32.2. The number of nitrogens with zero attached hydrogens (tertiary/aromatic N) is 1. The summed E-state index contributed by atoms with van der Waals surface area (Å²) in [6.07, 6.45) is 3.87. The van der Waals surface area contributed by atoms with Crippen molar-refractivity contribution in [1.82, 2.24) is 0 Å². The van der Waals surface area contributed by atoms with Crippen LogP contribution in [0.5, 0.6) is 0 Å². The highest BCUT2D eigenvalue weighted by molar-refractivity contribution is 7.99. The molecule has 0 spiro atoms. The maximum absolute atomic E-state index is 11.7. The third-order valence-electron chi connectivity index (χ3n) is 4.38. The van der Waals surface area contributed by atoms with Crippen molar-refractivity contribution in [3.63, 3.8) is 0 Å². The summed E-state index contributed by atoms with van der Waals surface area (Å²) in [6.45, 7) is 4.31. The molecule has 0 saturated carbocycles. The molecule has 0 unspecified atom stereocenters. The van der Waals surface area contributed by atoms with Gasteiger partial charge in [0.25, 0.3) is 0 Å². The van der Waals surface area contributed by atoms with Gasteiger partial charge < -0.3 is 9.64 Å². The van der Waals surface area contributed by atoms with Gasteiger partial charge in [-0.25, -0.2) is 4.79 Å². The summed E-state index contributed by atoms with van der Waals surface area (Å²) in [5.74, 6) is -0.289. The van der Waals surface area contributed by atoms with E-state index in [1.165, 1.54) is 41.9 Å². The minimum absolute atomic E-state index is 0.289. The number of carbonyl (C=O) groups excluding carboxylic acids is 1. The number of benzene rings is 2. The lowest BCUT2D eigenvalue weighted by atomic mass is 10.1. The van der Waals surface area contributed by atoms with Crippen LogP contribution in [-0.4, -0.2) is 26.2 Å². The number of esters is 1. The molecule has 0 amide bonds. The zero-order valence-electron chi connectivity index (χ0n) is 14.2. The van der Waals surface area contributed by atoms with Gasteiger partial charge in [0.05, 0.1) is 18.4 Å². The maximum atomic E-state index is 11.7. The standard InChI is InChI=1S/C20H23NO2S/c1-15-14-16(20(22)23-2)10-11-18(15)24-19-9-5-4-8-17(19)21-12-6-3-7-13-21/h4-5,8-11,14H,3,6-7,12-13H2,1-2H3. The number of anilines is 1. The third-order valence-corrected chi connectivity index (χ3v) is 5.62. The van der Waals surface area contributed by atoms with E-state index >= 15 is 0 Å². The monoisotopic (exact) mass is 341 g/mol. The van der Waals surface area contributed by atoms with Crippen LogP contribution < -0.4 is 4.90 Å². The number of hydrogen-bond acceptors (Lipinski definition) is 4. The van der Waals surface area contributed by atoms with Crippen molar-refractivity contribution >= 4 is 23.4 Å². The molecule has 1 saturated heterocycles. The summed E-state index contributed by atoms with van der Waals surface area (Å²) >= 11 is 1.77. The summed E-state index contributed by atoms with van der Waals surface area (Å²) in [6, 6.07) is 14.4. The Morgan fingerprint density at radius 2 is 1.79 bits per heavy atom. The van der Waals surface area contributed by atoms with Gasteiger partial charge in [0.1, 0.15) is 0 Å². The second kappa shape index (κ2) is 7.75. The number of aryl methyl sites for hydroxylation is 1. The van der Waals surface area contributed by atoms with Crippen molar-refractivity contribution in [2.45, 2.75) is 36.0 Å². The molecule has 126 valence electrons. The molecule has 3 nitrogen and oxygen atoms in total. The predicted molar refractivity (Wildman–Crippen MR) is 99.1 cm³/mol. The van der Waals surface area contributed by atoms with Crippen LogP contribution in [0.1, 0.15) is 35.2 Å². The molecule has 2 aromatic carbocycles. The molecular weight excluding hydrogens is 318 g/mol. The number of para-hydroxylation sites is 1. The van der Waals surface area contributed by atoms with Gasteiger partial charge in [-0.3, -0.25) is 0 Å². The maximum Gasteiger partial charge on any atom is 0.337 e. The molecule has 0 atom stereocenters. The van der Waals surface area contributed by atoms with E-state index in [0.29, 0.717) is 5.56 Å². The molecule has 24 heavy (non-hydrogen) atoms. The Morgan fingerprint density at radius 3 is 2.50 bits per heavy atom. The minimum atomic E-state index is -0.289. The predicted octanol–water partition coefficient (Wildman–Crippen LogP) is 4.92. The molecule has 0 bridgehead atoms. The van der Waals surface area contributed by atoms with E-state index in [2.05, 4.69) is 29.2 Å². The molecule has 0 aliphatic carbocycles. The number of piperidine rings is 1. The molecule has 0 radical (unpaired) electrons. The van der Waals surface area contributed by atoms with E-state index in [4.69, 9.17) is 4.74 Å². The first kappa shape index (κ1) is 16.9. The van der Waals surface area contributed by atoms with Crippen LogP contribution in [0.4, 0.5) is 5.69 Å². The van der Waals surface area contributed by atoms with Crippen molar-refractivity contribution in [2.75, 3.05) is 25.1 Å². The van der Waals surface area contributed by atoms with Gasteiger partial charge >= 0.3 is 5.97 Å². The van der Waals surface area contributed by atoms with Crippen LogP contribution >= 0.6 is 11.8 Å². The molecule has 2 aromatic rings. The number of ether oxygens (including phenoxy) is 1. The molecule has 4 heteroatoms. The molecular formula is C20H23NO2S. The number of rotatable bonds is 4. The van der Waals surface area contributed by atoms with E-state index in [-0.39, 0.29) is 5.97 Å². The molecule has 0 N–H and O–H groups in total. The van der Waals surface area contributed by atoms with Crippen molar-refractivity contribution in [3.8, 4) is 0 Å². The molecule has 1 fully saturated rings. The minimum Gasteiger partial charge on any atom is -0.465 e. The first-order valence-electron chi connectivity index (χ1n) is 8.40. The zero-order chi connectivity index (χ0) is 16.9. The van der Waals surface area contributed by atoms with Gasteiger partial charge in [-0.15, -0.1) is 0 Å². The summed E-state index contributed by atoms with van der Waals surface area (Å²) in [4.78, 5) is 16.6. The van der Waals surface area contributed by atoms with Gasteiger partial charge in [-0.1, -0.05) is 23.9 Å². The van der Waals surface area contributed by atoms with E-state index in [1.807, 2.05) is 25.1 Å². The molecule has 1 aliphatic rings. The van der Waals surface area contributed by atoms with Crippen LogP contribution in [-0.2, 0) is 4.74 Å². The van der Waals surface area contributed by atoms with Gasteiger partial charge in [-0.05, 0) is 62.1 Å². The number of carbonyl (C=O) groups is 1. The van der Waals surface area contributed by atoms with Crippen molar-refractivity contribution in [3.05, 3.63) is 53.6 Å². The summed E-state index contributed by atoms with van der Waals surface area (Å²) in [5.41, 5.74) is 3.01. The fraction of sp³-hybridized carbons (Fsp3) is 0.350. The largest absolute Gasteiger partial charge is 0.465 e. The lowest BCUT2D eigenvalue weighted by Crippen LogP contribution is -2.29. The normalized spacial score (nSPS) is 14.5. The highest BCUT2D eigenvalue weighted by Crippen LogP contribution is 2.37. The second-order valence-electron chi connectivity index (χ2n) is 6.09. The quantitative estimate of drug-likeness (QED) is 0.738. The van der Waals surface area contributed by atoms with E-state index in [1.54, 1.807) is 11.8 Å². The van der Waals surface area contributed by atoms with Gasteiger partial charge in [0.15, 0.2) is 0 Å². The fourth-order valence-electron chi connectivity index (χ4n) is 3.07. The van der Waals surface area contributed by atoms with Crippen LogP contribution in [0, 0.1) is 6.92 Å². The second-order valence-corrected chi connectivity index (χ2v) is 7.17. The SMILES string of the molecule is COC(=O)c1ccc(Sc2ccccc2N2CCCCC2)c(C)c1. The van der Waals surface area contributed by atoms with Crippen molar-refractivity contribution in [2.24, 2.45) is 0 Å². The van der Waals surface area contributed by atoms with Crippen LogP contribution in [0.2, 0.25) is 0 Å². The number of hydrogen-bond donors (Lipinski definition) is 0. The average Bonchev–Trinajstić information content (AvgIpc) is 2.64. The average molecular weight is 341 g/mol.